The summed E-state index contributed by atoms with van der Waals surface area (Å²) in [6, 6.07) is 13.0. The van der Waals surface area contributed by atoms with Crippen molar-refractivity contribution in [3.8, 4) is 0 Å². The highest BCUT2D eigenvalue weighted by Crippen LogP contribution is 2.26. The van der Waals surface area contributed by atoms with Crippen molar-refractivity contribution in [3.05, 3.63) is 57.8 Å². The Hall–Kier alpha value is -1.69. The van der Waals surface area contributed by atoms with Crippen LogP contribution in [0.25, 0.3) is 0 Å². The van der Waals surface area contributed by atoms with Gasteiger partial charge in [-0.3, -0.25) is 9.69 Å². The number of benzene rings is 1. The Labute approximate surface area is 153 Å². The van der Waals surface area contributed by atoms with Gasteiger partial charge in [-0.25, -0.2) is 0 Å². The number of carbonyl (C=O) groups excluding carboxylic acids is 1. The molecule has 4 nitrogen and oxygen atoms in total. The van der Waals surface area contributed by atoms with Crippen LogP contribution in [0.2, 0.25) is 0 Å². The Kier molecular flexibility index (Phi) is 4.88. The molecule has 25 heavy (non-hydrogen) atoms. The molecule has 1 aromatic heterocycles. The van der Waals surface area contributed by atoms with E-state index >= 15 is 0 Å². The van der Waals surface area contributed by atoms with E-state index in [9.17, 15) is 4.79 Å². The quantitative estimate of drug-likeness (QED) is 0.912. The molecule has 1 aliphatic heterocycles. The third-order valence-electron chi connectivity index (χ3n) is 5.49. The molecule has 4 rings (SSSR count). The van der Waals surface area contributed by atoms with Crippen LogP contribution < -0.4 is 5.73 Å². The van der Waals surface area contributed by atoms with E-state index in [0.29, 0.717) is 12.5 Å². The molecule has 0 spiro atoms. The molecule has 2 aliphatic rings. The van der Waals surface area contributed by atoms with E-state index in [0.717, 1.165) is 39.0 Å². The summed E-state index contributed by atoms with van der Waals surface area (Å²) in [6.07, 6.45) is 2.93. The highest BCUT2D eigenvalue weighted by molar-refractivity contribution is 7.09. The molecule has 5 heteroatoms. The van der Waals surface area contributed by atoms with E-state index < -0.39 is 6.04 Å². The molecule has 0 radical (unpaired) electrons. The maximum absolute atomic E-state index is 12.6. The maximum Gasteiger partial charge on any atom is 0.239 e. The summed E-state index contributed by atoms with van der Waals surface area (Å²) in [5, 5.41) is 2.03. The number of hydrogen-bond donors (Lipinski definition) is 1. The van der Waals surface area contributed by atoms with Gasteiger partial charge in [0.05, 0.1) is 6.04 Å². The Morgan fingerprint density at radius 3 is 2.36 bits per heavy atom. The third kappa shape index (κ3) is 3.64. The Balaban J connectivity index is 1.29. The van der Waals surface area contributed by atoms with E-state index in [1.807, 2.05) is 22.4 Å². The fraction of sp³-hybridized carbons (Fsp3) is 0.450. The second-order valence-electron chi connectivity index (χ2n) is 7.08. The number of carbonyl (C=O) groups is 1. The first-order valence-corrected chi connectivity index (χ1v) is 9.96. The van der Waals surface area contributed by atoms with Crippen molar-refractivity contribution >= 4 is 17.2 Å². The van der Waals surface area contributed by atoms with Crippen LogP contribution in [0.3, 0.4) is 0 Å². The predicted octanol–water partition coefficient (Wildman–Crippen LogP) is 1.93. The van der Waals surface area contributed by atoms with Crippen LogP contribution in [0, 0.1) is 0 Å². The average Bonchev–Trinajstić information content (AvgIpc) is 3.30. The van der Waals surface area contributed by atoms with Gasteiger partial charge in [0.1, 0.15) is 0 Å². The van der Waals surface area contributed by atoms with Gasteiger partial charge in [0.2, 0.25) is 5.91 Å². The molecule has 0 saturated carbocycles. The van der Waals surface area contributed by atoms with Crippen LogP contribution >= 0.6 is 11.3 Å². The summed E-state index contributed by atoms with van der Waals surface area (Å²) < 4.78 is 0. The summed E-state index contributed by atoms with van der Waals surface area (Å²) in [4.78, 5) is 18.3. The highest BCUT2D eigenvalue weighted by atomic mass is 32.1. The minimum absolute atomic E-state index is 0.0998. The second kappa shape index (κ2) is 7.28. The zero-order chi connectivity index (χ0) is 17.2. The molecular formula is C20H25N3OS. The fourth-order valence-corrected chi connectivity index (χ4v) is 4.83. The lowest BCUT2D eigenvalue weighted by Gasteiger charge is -2.38. The Morgan fingerprint density at radius 2 is 1.76 bits per heavy atom. The highest BCUT2D eigenvalue weighted by Gasteiger charge is 2.31. The number of piperazine rings is 1. The van der Waals surface area contributed by atoms with Gasteiger partial charge in [0.15, 0.2) is 0 Å². The molecule has 1 aromatic carbocycles. The summed E-state index contributed by atoms with van der Waals surface area (Å²) in [5.41, 5.74) is 9.14. The molecule has 1 amide bonds. The first kappa shape index (κ1) is 16.8. The number of thiophene rings is 1. The first-order valence-electron chi connectivity index (χ1n) is 9.08. The minimum Gasteiger partial charge on any atom is -0.339 e. The Morgan fingerprint density at radius 1 is 1.08 bits per heavy atom. The van der Waals surface area contributed by atoms with Crippen LogP contribution in [-0.2, 0) is 24.1 Å². The second-order valence-corrected chi connectivity index (χ2v) is 8.11. The van der Waals surface area contributed by atoms with Crippen molar-refractivity contribution in [3.63, 3.8) is 0 Å². The summed E-state index contributed by atoms with van der Waals surface area (Å²) in [5.74, 6) is 0.0998. The summed E-state index contributed by atoms with van der Waals surface area (Å²) in [6.45, 7) is 3.50. The Bertz CT molecular complexity index is 697. The molecule has 1 unspecified atom stereocenters. The number of nitrogens with zero attached hydrogens (tertiary/aromatic N) is 2. The molecular weight excluding hydrogens is 330 g/mol. The van der Waals surface area contributed by atoms with E-state index in [1.54, 1.807) is 11.3 Å². The minimum atomic E-state index is -0.416. The van der Waals surface area contributed by atoms with Gasteiger partial charge >= 0.3 is 0 Å². The maximum atomic E-state index is 12.6. The van der Waals surface area contributed by atoms with Crippen molar-refractivity contribution in [1.82, 2.24) is 9.80 Å². The number of fused-ring (bicyclic) bond motifs is 1. The smallest absolute Gasteiger partial charge is 0.239 e. The van der Waals surface area contributed by atoms with Gasteiger partial charge in [0, 0.05) is 43.5 Å². The van der Waals surface area contributed by atoms with Crippen molar-refractivity contribution in [2.75, 3.05) is 26.2 Å². The molecule has 1 atom stereocenters. The van der Waals surface area contributed by atoms with Gasteiger partial charge in [-0.15, -0.1) is 11.3 Å². The zero-order valence-electron chi connectivity index (χ0n) is 14.4. The molecule has 0 bridgehead atoms. The number of nitrogens with two attached hydrogens (primary N) is 1. The number of amides is 1. The van der Waals surface area contributed by atoms with E-state index in [1.165, 1.54) is 16.0 Å². The van der Waals surface area contributed by atoms with Crippen LogP contribution in [0.4, 0.5) is 0 Å². The molecule has 132 valence electrons. The van der Waals surface area contributed by atoms with E-state index in [4.69, 9.17) is 5.73 Å². The first-order chi connectivity index (χ1) is 12.2. The summed E-state index contributed by atoms with van der Waals surface area (Å²) in [7, 11) is 0. The average molecular weight is 356 g/mol. The fourth-order valence-electron chi connectivity index (χ4n) is 4.07. The van der Waals surface area contributed by atoms with Crippen molar-refractivity contribution < 1.29 is 4.79 Å². The molecule has 2 N–H and O–H groups in total. The predicted molar refractivity (Wildman–Crippen MR) is 102 cm³/mol. The van der Waals surface area contributed by atoms with Crippen LogP contribution in [0.5, 0.6) is 0 Å². The van der Waals surface area contributed by atoms with Crippen molar-refractivity contribution in [1.29, 1.82) is 0 Å². The molecule has 2 aromatic rings. The lowest BCUT2D eigenvalue weighted by molar-refractivity contribution is -0.134. The van der Waals surface area contributed by atoms with Gasteiger partial charge in [-0.1, -0.05) is 30.3 Å². The molecule has 1 saturated heterocycles. The normalized spacial score (nSPS) is 19.8. The van der Waals surface area contributed by atoms with Gasteiger partial charge in [-0.2, -0.15) is 0 Å². The molecule has 1 aliphatic carbocycles. The number of rotatable bonds is 4. The topological polar surface area (TPSA) is 49.6 Å². The van der Waals surface area contributed by atoms with Crippen LogP contribution in [0.15, 0.2) is 41.8 Å². The van der Waals surface area contributed by atoms with Gasteiger partial charge in [0.25, 0.3) is 0 Å². The standard InChI is InChI=1S/C20H25N3OS/c21-19(14-18-6-3-11-25-18)20(24)23-9-7-22(8-10-23)17-12-15-4-1-2-5-16(15)13-17/h1-6,11,17,19H,7-10,12-14,21H2. The van der Waals surface area contributed by atoms with Gasteiger partial charge in [-0.05, 0) is 35.4 Å². The van der Waals surface area contributed by atoms with E-state index in [2.05, 4.69) is 29.2 Å². The lowest BCUT2D eigenvalue weighted by atomic mass is 10.1. The van der Waals surface area contributed by atoms with Crippen LogP contribution in [0.1, 0.15) is 16.0 Å². The number of hydrogen-bond acceptors (Lipinski definition) is 4. The molecule has 1 fully saturated rings. The summed E-state index contributed by atoms with van der Waals surface area (Å²) >= 11 is 1.67. The van der Waals surface area contributed by atoms with Crippen molar-refractivity contribution in [2.45, 2.75) is 31.3 Å². The van der Waals surface area contributed by atoms with Gasteiger partial charge < -0.3 is 10.6 Å². The largest absolute Gasteiger partial charge is 0.339 e. The van der Waals surface area contributed by atoms with E-state index in [-0.39, 0.29) is 5.91 Å². The van der Waals surface area contributed by atoms with Crippen molar-refractivity contribution in [2.24, 2.45) is 5.73 Å². The molecule has 2 heterocycles. The third-order valence-corrected chi connectivity index (χ3v) is 6.39. The zero-order valence-corrected chi connectivity index (χ0v) is 15.3. The lowest BCUT2D eigenvalue weighted by Crippen LogP contribution is -2.55. The SMILES string of the molecule is NC(Cc1cccs1)C(=O)N1CCN(C2Cc3ccccc3C2)CC1. The monoisotopic (exact) mass is 355 g/mol. The van der Waals surface area contributed by atoms with Crippen LogP contribution in [-0.4, -0.2) is 54.0 Å².